The maximum absolute atomic E-state index is 14.0. The fourth-order valence-electron chi connectivity index (χ4n) is 5.41. The predicted octanol–water partition coefficient (Wildman–Crippen LogP) is 5.91. The smallest absolute Gasteiger partial charge is 0.352 e. The van der Waals surface area contributed by atoms with Crippen LogP contribution in [-0.4, -0.2) is 64.7 Å². The summed E-state index contributed by atoms with van der Waals surface area (Å²) in [6, 6.07) is 11.9. The van der Waals surface area contributed by atoms with E-state index < -0.39 is 47.8 Å². The van der Waals surface area contributed by atoms with E-state index >= 15 is 0 Å². The van der Waals surface area contributed by atoms with Gasteiger partial charge >= 0.3 is 6.18 Å². The normalized spacial score (nSPS) is 16.1. The number of fused-ring (bicyclic) bond motifs is 1. The maximum atomic E-state index is 14.0. The average molecular weight is 654 g/mol. The van der Waals surface area contributed by atoms with E-state index in [4.69, 9.17) is 14.5 Å². The van der Waals surface area contributed by atoms with Gasteiger partial charge in [0.05, 0.1) is 42.3 Å². The molecular weight excluding hydrogens is 618 g/mol. The number of ether oxygens (including phenoxy) is 2. The van der Waals surface area contributed by atoms with Crippen molar-refractivity contribution in [1.29, 1.82) is 0 Å². The van der Waals surface area contributed by atoms with Gasteiger partial charge in [0.2, 0.25) is 5.91 Å². The summed E-state index contributed by atoms with van der Waals surface area (Å²) in [6.45, 7) is 6.61. The lowest BCUT2D eigenvalue weighted by Gasteiger charge is -2.36. The second kappa shape index (κ2) is 13.7. The molecule has 0 radical (unpaired) electrons. The van der Waals surface area contributed by atoms with Crippen LogP contribution in [0.2, 0.25) is 0 Å². The van der Waals surface area contributed by atoms with E-state index in [1.807, 2.05) is 13.8 Å². The van der Waals surface area contributed by atoms with Crippen molar-refractivity contribution in [3.8, 4) is 5.69 Å². The zero-order valence-corrected chi connectivity index (χ0v) is 26.4. The third-order valence-electron chi connectivity index (χ3n) is 7.88. The lowest BCUT2D eigenvalue weighted by Crippen LogP contribution is -2.42. The molecule has 248 valence electrons. The van der Waals surface area contributed by atoms with Gasteiger partial charge in [0.25, 0.3) is 5.56 Å². The number of carbonyl (C=O) groups excluding carboxylic acids is 1. The second-order valence-corrected chi connectivity index (χ2v) is 12.2. The highest BCUT2D eigenvalue weighted by Crippen LogP contribution is 2.33. The molecule has 2 aromatic carbocycles. The molecule has 0 spiro atoms. The van der Waals surface area contributed by atoms with Gasteiger partial charge in [-0.3, -0.25) is 19.1 Å². The largest absolute Gasteiger partial charge is 0.419 e. The lowest BCUT2D eigenvalue weighted by atomic mass is 9.95. The van der Waals surface area contributed by atoms with E-state index in [2.05, 4.69) is 9.98 Å². The summed E-state index contributed by atoms with van der Waals surface area (Å²) < 4.78 is 67.6. The lowest BCUT2D eigenvalue weighted by molar-refractivity contribution is -0.225. The first kappa shape index (κ1) is 33.9. The number of aliphatic imine (C=N–C) groups is 1. The van der Waals surface area contributed by atoms with Crippen molar-refractivity contribution in [2.75, 3.05) is 26.8 Å². The van der Waals surface area contributed by atoms with Crippen molar-refractivity contribution >= 4 is 23.2 Å². The molecule has 1 aliphatic heterocycles. The number of hydrogen-bond donors (Lipinski definition) is 0. The Kier molecular flexibility index (Phi) is 9.87. The van der Waals surface area contributed by atoms with Crippen LogP contribution in [0.15, 0.2) is 70.6 Å². The number of hydrogen-bond acceptors (Lipinski definition) is 7. The number of amides is 1. The van der Waals surface area contributed by atoms with E-state index in [1.165, 1.54) is 15.7 Å². The summed E-state index contributed by atoms with van der Waals surface area (Å²) in [6.07, 6.45) is -2.62. The Balaban J connectivity index is 1.56. The zero-order chi connectivity index (χ0) is 33.9. The fourth-order valence-corrected chi connectivity index (χ4v) is 5.41. The molecule has 1 atom stereocenters. The zero-order valence-electron chi connectivity index (χ0n) is 26.4. The van der Waals surface area contributed by atoms with E-state index in [9.17, 15) is 27.2 Å². The summed E-state index contributed by atoms with van der Waals surface area (Å²) in [4.78, 5) is 42.4. The van der Waals surface area contributed by atoms with Crippen LogP contribution in [0.4, 0.5) is 17.6 Å². The molecule has 0 saturated carbocycles. The molecule has 1 aliphatic rings. The number of halogens is 4. The van der Waals surface area contributed by atoms with Crippen LogP contribution in [-0.2, 0) is 26.9 Å². The van der Waals surface area contributed by atoms with E-state index in [-0.39, 0.29) is 40.8 Å². The third-order valence-corrected chi connectivity index (χ3v) is 7.88. The minimum Gasteiger partial charge on any atom is -0.352 e. The number of benzene rings is 2. The molecular formula is C34H35F4N5O4. The van der Waals surface area contributed by atoms with Gasteiger partial charge in [0.1, 0.15) is 11.6 Å². The van der Waals surface area contributed by atoms with Gasteiger partial charge < -0.3 is 14.4 Å². The number of nitrogens with zero attached hydrogens (tertiary/aromatic N) is 5. The van der Waals surface area contributed by atoms with Crippen molar-refractivity contribution in [2.45, 2.75) is 52.1 Å². The fraction of sp³-hybridized carbons (Fsp3) is 0.382. The van der Waals surface area contributed by atoms with Crippen molar-refractivity contribution in [1.82, 2.24) is 19.4 Å². The van der Waals surface area contributed by atoms with Crippen LogP contribution in [0.1, 0.15) is 55.7 Å². The Hall–Kier alpha value is -4.49. The first-order valence-electron chi connectivity index (χ1n) is 15.1. The van der Waals surface area contributed by atoms with Gasteiger partial charge in [-0.15, -0.1) is 0 Å². The Morgan fingerprint density at radius 2 is 1.85 bits per heavy atom. The topological polar surface area (TPSA) is 98.9 Å². The standard InChI is InChI=1S/C34H35F4N5O4/c1-21(31-41-30-25(6-5-14-40-30)32(45)43(31)24-10-7-22(8-11-24)18-39-4)42(15-13-29-46-19-33(2,3)20-47-29)28(44)17-23-9-12-27(35)26(16-23)34(36,37)38/h5-12,14,16,18,21,29H,13,15,17,19-20H2,1-4H3/t21-/m1/s1. The molecule has 1 saturated heterocycles. The number of aromatic nitrogens is 3. The minimum absolute atomic E-state index is 0.0217. The molecule has 0 bridgehead atoms. The number of pyridine rings is 1. The van der Waals surface area contributed by atoms with Crippen LogP contribution >= 0.6 is 0 Å². The molecule has 13 heteroatoms. The summed E-state index contributed by atoms with van der Waals surface area (Å²) >= 11 is 0. The van der Waals surface area contributed by atoms with E-state index in [0.717, 1.165) is 11.6 Å². The van der Waals surface area contributed by atoms with Crippen LogP contribution < -0.4 is 5.56 Å². The van der Waals surface area contributed by atoms with Gasteiger partial charge in [0, 0.05) is 37.8 Å². The molecule has 2 aromatic heterocycles. The van der Waals surface area contributed by atoms with Crippen LogP contribution in [0.5, 0.6) is 0 Å². The molecule has 5 rings (SSSR count). The molecule has 0 aliphatic carbocycles. The Bertz CT molecular complexity index is 1830. The molecule has 47 heavy (non-hydrogen) atoms. The Morgan fingerprint density at radius 3 is 2.51 bits per heavy atom. The Labute approximate surface area is 268 Å². The van der Waals surface area contributed by atoms with Crippen molar-refractivity contribution in [3.05, 3.63) is 99.5 Å². The van der Waals surface area contributed by atoms with E-state index in [0.29, 0.717) is 31.0 Å². The molecule has 9 nitrogen and oxygen atoms in total. The summed E-state index contributed by atoms with van der Waals surface area (Å²) in [7, 11) is 1.64. The predicted molar refractivity (Wildman–Crippen MR) is 168 cm³/mol. The highest BCUT2D eigenvalue weighted by atomic mass is 19.4. The van der Waals surface area contributed by atoms with Crippen LogP contribution in [0, 0.1) is 11.2 Å². The number of carbonyl (C=O) groups is 1. The Morgan fingerprint density at radius 1 is 1.15 bits per heavy atom. The van der Waals surface area contributed by atoms with Gasteiger partial charge in [-0.05, 0) is 54.4 Å². The molecule has 4 aromatic rings. The van der Waals surface area contributed by atoms with Gasteiger partial charge in [-0.25, -0.2) is 14.4 Å². The van der Waals surface area contributed by atoms with E-state index in [1.54, 1.807) is 56.6 Å². The molecule has 0 N–H and O–H groups in total. The third kappa shape index (κ3) is 7.74. The van der Waals surface area contributed by atoms with Gasteiger partial charge in [0.15, 0.2) is 11.9 Å². The second-order valence-electron chi connectivity index (χ2n) is 12.2. The van der Waals surface area contributed by atoms with Crippen LogP contribution in [0.25, 0.3) is 16.7 Å². The van der Waals surface area contributed by atoms with Crippen molar-refractivity contribution in [2.24, 2.45) is 10.4 Å². The number of rotatable bonds is 9. The quantitative estimate of drug-likeness (QED) is 0.165. The van der Waals surface area contributed by atoms with Gasteiger partial charge in [-0.2, -0.15) is 13.2 Å². The SMILES string of the molecule is CN=Cc1ccc(-n2c([C@@H](C)N(CCC3OCC(C)(C)CO3)C(=O)Cc3ccc(F)c(C(F)(F)F)c3)nc3ncccc3c2=O)cc1. The van der Waals surface area contributed by atoms with Gasteiger partial charge in [-0.1, -0.05) is 32.0 Å². The molecule has 1 fully saturated rings. The molecule has 3 heterocycles. The number of alkyl halides is 3. The first-order chi connectivity index (χ1) is 22.3. The monoisotopic (exact) mass is 653 g/mol. The highest BCUT2D eigenvalue weighted by Gasteiger charge is 2.35. The van der Waals surface area contributed by atoms with Crippen LogP contribution in [0.3, 0.4) is 0 Å². The maximum Gasteiger partial charge on any atom is 0.419 e. The first-order valence-corrected chi connectivity index (χ1v) is 15.1. The average Bonchev–Trinajstić information content (AvgIpc) is 3.03. The summed E-state index contributed by atoms with van der Waals surface area (Å²) in [5, 5.41) is 0.262. The summed E-state index contributed by atoms with van der Waals surface area (Å²) in [5.41, 5.74) is -0.622. The minimum atomic E-state index is -4.93. The van der Waals surface area contributed by atoms with Crippen molar-refractivity contribution < 1.29 is 31.8 Å². The van der Waals surface area contributed by atoms with Crippen molar-refractivity contribution in [3.63, 3.8) is 0 Å². The molecule has 0 unspecified atom stereocenters. The highest BCUT2D eigenvalue weighted by molar-refractivity contribution is 5.80. The molecule has 1 amide bonds. The summed E-state index contributed by atoms with van der Waals surface area (Å²) in [5.74, 6) is -1.81.